The smallest absolute Gasteiger partial charge is 0.290 e. The summed E-state index contributed by atoms with van der Waals surface area (Å²) in [6, 6.07) is 12.2. The van der Waals surface area contributed by atoms with Crippen molar-refractivity contribution < 1.29 is 14.0 Å². The van der Waals surface area contributed by atoms with Crippen LogP contribution in [0.4, 0.5) is 10.7 Å². The molecule has 0 radical (unpaired) electrons. The Labute approximate surface area is 201 Å². The van der Waals surface area contributed by atoms with Crippen LogP contribution in [0.15, 0.2) is 64.4 Å². The molecule has 3 aromatic rings. The van der Waals surface area contributed by atoms with Crippen molar-refractivity contribution in [2.45, 2.75) is 19.4 Å². The molecule has 0 unspecified atom stereocenters. The lowest BCUT2D eigenvalue weighted by Crippen LogP contribution is -2.38. The number of thioether (sulfide) groups is 1. The van der Waals surface area contributed by atoms with Crippen molar-refractivity contribution in [3.63, 3.8) is 0 Å². The number of benzene rings is 1. The highest BCUT2D eigenvalue weighted by molar-refractivity contribution is 8.18. The van der Waals surface area contributed by atoms with E-state index in [4.69, 9.17) is 4.42 Å². The van der Waals surface area contributed by atoms with E-state index >= 15 is 0 Å². The van der Waals surface area contributed by atoms with Gasteiger partial charge in [0.1, 0.15) is 0 Å². The third-order valence-corrected chi connectivity index (χ3v) is 6.84. The van der Waals surface area contributed by atoms with E-state index in [-0.39, 0.29) is 11.1 Å². The van der Waals surface area contributed by atoms with Crippen molar-refractivity contribution in [1.29, 1.82) is 0 Å². The van der Waals surface area contributed by atoms with Crippen LogP contribution in [0, 0.1) is 5.92 Å². The number of amides is 2. The van der Waals surface area contributed by atoms with Crippen molar-refractivity contribution in [3.05, 3.63) is 71.3 Å². The Hall–Kier alpha value is -3.43. The number of nitrogens with one attached hydrogen (secondary N) is 2. The number of piperidine rings is 1. The molecule has 2 aliphatic rings. The zero-order valence-corrected chi connectivity index (χ0v) is 19.4. The van der Waals surface area contributed by atoms with Gasteiger partial charge in [-0.15, -0.1) is 0 Å². The van der Waals surface area contributed by atoms with E-state index in [1.54, 1.807) is 30.9 Å². The van der Waals surface area contributed by atoms with Gasteiger partial charge in [-0.05, 0) is 72.5 Å². The second-order valence-corrected chi connectivity index (χ2v) is 9.42. The number of anilines is 1. The average Bonchev–Trinajstić information content (AvgIpc) is 3.50. The predicted octanol–water partition coefficient (Wildman–Crippen LogP) is 4.07. The Kier molecular flexibility index (Phi) is 6.73. The first-order valence-corrected chi connectivity index (χ1v) is 12.1. The Morgan fingerprint density at radius 1 is 1.18 bits per heavy atom. The Morgan fingerprint density at radius 3 is 2.82 bits per heavy atom. The van der Waals surface area contributed by atoms with Gasteiger partial charge in [-0.1, -0.05) is 18.2 Å². The molecule has 0 bridgehead atoms. The normalized spacial score (nSPS) is 18.0. The predicted molar refractivity (Wildman–Crippen MR) is 132 cm³/mol. The van der Waals surface area contributed by atoms with E-state index in [2.05, 4.69) is 49.8 Å². The third kappa shape index (κ3) is 5.37. The van der Waals surface area contributed by atoms with Crippen molar-refractivity contribution in [3.8, 4) is 11.1 Å². The number of carbonyl (C=O) groups is 2. The van der Waals surface area contributed by atoms with E-state index in [0.717, 1.165) is 61.9 Å². The Balaban J connectivity index is 1.11. The van der Waals surface area contributed by atoms with Gasteiger partial charge in [-0.2, -0.15) is 0 Å². The van der Waals surface area contributed by atoms with Crippen LogP contribution in [0.2, 0.25) is 0 Å². The largest absolute Gasteiger partial charge is 0.472 e. The summed E-state index contributed by atoms with van der Waals surface area (Å²) < 4.78 is 5.19. The summed E-state index contributed by atoms with van der Waals surface area (Å²) in [6.07, 6.45) is 8.91. The summed E-state index contributed by atoms with van der Waals surface area (Å²) in [7, 11) is 0. The average molecular weight is 476 g/mol. The van der Waals surface area contributed by atoms with Crippen molar-refractivity contribution in [1.82, 2.24) is 20.6 Å². The fourth-order valence-electron chi connectivity index (χ4n) is 4.20. The number of carbonyl (C=O) groups excluding carboxylic acids is 2. The van der Waals surface area contributed by atoms with Gasteiger partial charge in [0, 0.05) is 31.4 Å². The quantitative estimate of drug-likeness (QED) is 0.494. The van der Waals surface area contributed by atoms with E-state index < -0.39 is 0 Å². The van der Waals surface area contributed by atoms with Gasteiger partial charge < -0.3 is 14.6 Å². The third-order valence-electron chi connectivity index (χ3n) is 6.03. The molecule has 1 aromatic carbocycles. The van der Waals surface area contributed by atoms with Gasteiger partial charge in [0.2, 0.25) is 5.95 Å². The van der Waals surface area contributed by atoms with Crippen LogP contribution < -0.4 is 15.5 Å². The standard InChI is InChI=1S/C25H25N5O3S/c31-23-22(34-25(32)29-23)13-21-4-8-27-24(28-21)30-9-5-17(6-10-30)14-26-15-18-2-1-3-19(12-18)20-7-11-33-16-20/h1-4,7-8,11-13,16-17,26H,5-6,9-10,14-15H2,(H,29,31,32)/b22-13+. The lowest BCUT2D eigenvalue weighted by atomic mass is 9.97. The lowest BCUT2D eigenvalue weighted by molar-refractivity contribution is -0.115. The van der Waals surface area contributed by atoms with Gasteiger partial charge in [-0.25, -0.2) is 9.97 Å². The molecule has 2 N–H and O–H groups in total. The highest BCUT2D eigenvalue weighted by Gasteiger charge is 2.25. The summed E-state index contributed by atoms with van der Waals surface area (Å²) in [4.78, 5) is 34.7. The molecule has 0 aliphatic carbocycles. The van der Waals surface area contributed by atoms with E-state index in [0.29, 0.717) is 22.5 Å². The molecule has 9 heteroatoms. The minimum atomic E-state index is -0.378. The number of nitrogens with zero attached hydrogens (tertiary/aromatic N) is 3. The number of rotatable bonds is 7. The Morgan fingerprint density at radius 2 is 2.06 bits per heavy atom. The van der Waals surface area contributed by atoms with Crippen molar-refractivity contribution in [2.75, 3.05) is 24.5 Å². The SMILES string of the molecule is O=C1NC(=O)/C(=C\c2ccnc(N3CCC(CNCc4cccc(-c5ccoc5)c4)CC3)n2)S1. The second kappa shape index (κ2) is 10.2. The second-order valence-electron chi connectivity index (χ2n) is 8.41. The molecule has 2 aliphatic heterocycles. The maximum absolute atomic E-state index is 11.8. The van der Waals surface area contributed by atoms with Crippen LogP contribution in [0.5, 0.6) is 0 Å². The maximum atomic E-state index is 11.8. The minimum Gasteiger partial charge on any atom is -0.472 e. The number of furan rings is 1. The molecule has 2 fully saturated rings. The summed E-state index contributed by atoms with van der Waals surface area (Å²) in [5.74, 6) is 0.881. The number of imide groups is 1. The van der Waals surface area contributed by atoms with Crippen LogP contribution in [0.1, 0.15) is 24.1 Å². The van der Waals surface area contributed by atoms with Gasteiger partial charge in [0.15, 0.2) is 0 Å². The first kappa shape index (κ1) is 22.4. The number of aromatic nitrogens is 2. The molecule has 2 amide bonds. The summed E-state index contributed by atoms with van der Waals surface area (Å²) in [6.45, 7) is 3.57. The zero-order valence-electron chi connectivity index (χ0n) is 18.6. The lowest BCUT2D eigenvalue weighted by Gasteiger charge is -2.32. The molecular formula is C25H25N5O3S. The summed E-state index contributed by atoms with van der Waals surface area (Å²) in [5.41, 5.74) is 4.14. The van der Waals surface area contributed by atoms with E-state index in [9.17, 15) is 9.59 Å². The van der Waals surface area contributed by atoms with E-state index in [1.807, 2.05) is 6.07 Å². The van der Waals surface area contributed by atoms with Crippen molar-refractivity contribution in [2.24, 2.45) is 5.92 Å². The van der Waals surface area contributed by atoms with Gasteiger partial charge in [-0.3, -0.25) is 14.9 Å². The van der Waals surface area contributed by atoms with Crippen LogP contribution >= 0.6 is 11.8 Å². The molecule has 0 saturated carbocycles. The summed E-state index contributed by atoms with van der Waals surface area (Å²) in [5, 5.41) is 5.51. The van der Waals surface area contributed by atoms with E-state index in [1.165, 1.54) is 5.56 Å². The van der Waals surface area contributed by atoms with Crippen LogP contribution in [-0.4, -0.2) is 40.7 Å². The molecule has 5 rings (SSSR count). The molecule has 8 nitrogen and oxygen atoms in total. The van der Waals surface area contributed by atoms with Gasteiger partial charge in [0.25, 0.3) is 11.1 Å². The summed E-state index contributed by atoms with van der Waals surface area (Å²) >= 11 is 0.892. The molecule has 174 valence electrons. The Bertz CT molecular complexity index is 1200. The van der Waals surface area contributed by atoms with Crippen LogP contribution in [0.3, 0.4) is 0 Å². The molecule has 34 heavy (non-hydrogen) atoms. The maximum Gasteiger partial charge on any atom is 0.290 e. The highest BCUT2D eigenvalue weighted by Crippen LogP contribution is 2.26. The molecular weight excluding hydrogens is 450 g/mol. The van der Waals surface area contributed by atoms with Gasteiger partial charge >= 0.3 is 0 Å². The monoisotopic (exact) mass is 475 g/mol. The molecule has 0 atom stereocenters. The van der Waals surface area contributed by atoms with Gasteiger partial charge in [0.05, 0.1) is 23.1 Å². The highest BCUT2D eigenvalue weighted by atomic mass is 32.2. The zero-order chi connectivity index (χ0) is 23.3. The van der Waals surface area contributed by atoms with Crippen LogP contribution in [0.25, 0.3) is 17.2 Å². The molecule has 2 aromatic heterocycles. The fraction of sp³-hybridized carbons (Fsp3) is 0.280. The minimum absolute atomic E-state index is 0.355. The van der Waals surface area contributed by atoms with Crippen molar-refractivity contribution >= 4 is 34.9 Å². The topological polar surface area (TPSA) is 100 Å². The first-order valence-electron chi connectivity index (χ1n) is 11.3. The number of hydrogen-bond donors (Lipinski definition) is 2. The number of hydrogen-bond acceptors (Lipinski definition) is 8. The molecule has 0 spiro atoms. The van der Waals surface area contributed by atoms with Crippen LogP contribution in [-0.2, 0) is 11.3 Å². The first-order chi connectivity index (χ1) is 16.6. The molecule has 2 saturated heterocycles. The molecule has 4 heterocycles. The fourth-order valence-corrected chi connectivity index (χ4v) is 4.86.